The smallest absolute Gasteiger partial charge is 0.322 e. The van der Waals surface area contributed by atoms with Crippen LogP contribution in [0, 0.1) is 0 Å². The van der Waals surface area contributed by atoms with Crippen molar-refractivity contribution in [2.24, 2.45) is 0 Å². The Morgan fingerprint density at radius 3 is 2.82 bits per heavy atom. The van der Waals surface area contributed by atoms with Crippen molar-refractivity contribution in [1.82, 2.24) is 15.4 Å². The minimum absolute atomic E-state index is 0.119. The molecule has 0 spiro atoms. The summed E-state index contributed by atoms with van der Waals surface area (Å²) in [5.41, 5.74) is 1.60. The molecule has 7 heteroatoms. The maximum absolute atomic E-state index is 12.6. The Balaban J connectivity index is 1.84. The van der Waals surface area contributed by atoms with E-state index in [2.05, 4.69) is 10.5 Å². The van der Waals surface area contributed by atoms with E-state index in [1.807, 2.05) is 30.3 Å². The molecule has 7 nitrogen and oxygen atoms in total. The van der Waals surface area contributed by atoms with Crippen molar-refractivity contribution in [1.29, 1.82) is 0 Å². The number of carbonyl (C=O) groups excluding carboxylic acids is 1. The first-order valence-corrected chi connectivity index (χ1v) is 6.92. The summed E-state index contributed by atoms with van der Waals surface area (Å²) in [4.78, 5) is 25.2. The number of benzene rings is 1. The van der Waals surface area contributed by atoms with Crippen LogP contribution >= 0.6 is 0 Å². The third kappa shape index (κ3) is 2.71. The molecule has 1 aliphatic heterocycles. The quantitative estimate of drug-likeness (QED) is 0.872. The first-order chi connectivity index (χ1) is 10.7. The Labute approximate surface area is 126 Å². The van der Waals surface area contributed by atoms with Gasteiger partial charge in [0.25, 0.3) is 5.91 Å². The zero-order valence-corrected chi connectivity index (χ0v) is 11.7. The second-order valence-corrected chi connectivity index (χ2v) is 5.04. The molecule has 0 bridgehead atoms. The second kappa shape index (κ2) is 5.98. The first-order valence-electron chi connectivity index (χ1n) is 6.92. The molecule has 0 unspecified atom stereocenters. The molecule has 114 valence electrons. The van der Waals surface area contributed by atoms with Crippen LogP contribution in [-0.4, -0.2) is 52.7 Å². The van der Waals surface area contributed by atoms with E-state index < -0.39 is 12.0 Å². The highest BCUT2D eigenvalue weighted by Crippen LogP contribution is 2.23. The van der Waals surface area contributed by atoms with E-state index in [0.717, 1.165) is 5.56 Å². The molecule has 1 amide bonds. The molecule has 3 rings (SSSR count). The van der Waals surface area contributed by atoms with Gasteiger partial charge in [0.1, 0.15) is 23.6 Å². The lowest BCUT2D eigenvalue weighted by Gasteiger charge is -2.31. The highest BCUT2D eigenvalue weighted by molar-refractivity contribution is 5.99. The highest BCUT2D eigenvalue weighted by atomic mass is 16.5. The van der Waals surface area contributed by atoms with E-state index in [9.17, 15) is 9.59 Å². The van der Waals surface area contributed by atoms with E-state index in [1.165, 1.54) is 11.2 Å². The van der Waals surface area contributed by atoms with Crippen molar-refractivity contribution in [2.45, 2.75) is 6.04 Å². The van der Waals surface area contributed by atoms with E-state index in [1.54, 1.807) is 0 Å². The average Bonchev–Trinajstić information content (AvgIpc) is 3.04. The Kier molecular flexibility index (Phi) is 3.88. The van der Waals surface area contributed by atoms with Gasteiger partial charge in [-0.15, -0.1) is 0 Å². The van der Waals surface area contributed by atoms with Gasteiger partial charge in [-0.3, -0.25) is 9.59 Å². The van der Waals surface area contributed by atoms with Crippen LogP contribution in [0.25, 0.3) is 11.3 Å². The average molecular weight is 301 g/mol. The normalized spacial score (nSPS) is 18.2. The van der Waals surface area contributed by atoms with Crippen molar-refractivity contribution >= 4 is 11.9 Å². The number of rotatable bonds is 3. The Bertz CT molecular complexity index is 683. The predicted octanol–water partition coefficient (Wildman–Crippen LogP) is 0.840. The van der Waals surface area contributed by atoms with Crippen LogP contribution < -0.4 is 5.32 Å². The maximum atomic E-state index is 12.6. The number of aliphatic carboxylic acids is 1. The number of hydrogen-bond donors (Lipinski definition) is 2. The molecule has 1 atom stereocenters. The Morgan fingerprint density at radius 1 is 1.32 bits per heavy atom. The summed E-state index contributed by atoms with van der Waals surface area (Å²) in [6.45, 7) is 1.00. The number of hydrogen-bond acceptors (Lipinski definition) is 5. The minimum Gasteiger partial charge on any atom is -0.480 e. The zero-order valence-electron chi connectivity index (χ0n) is 11.7. The molecular weight excluding hydrogens is 286 g/mol. The molecular formula is C15H15N3O4. The fourth-order valence-electron chi connectivity index (χ4n) is 2.46. The molecule has 22 heavy (non-hydrogen) atoms. The molecule has 2 heterocycles. The van der Waals surface area contributed by atoms with Gasteiger partial charge in [-0.1, -0.05) is 35.5 Å². The SMILES string of the molecule is O=C(O)[C@H]1CN(C(=O)c2conc2-c2ccccc2)CCN1. The van der Waals surface area contributed by atoms with Gasteiger partial charge in [0.15, 0.2) is 0 Å². The van der Waals surface area contributed by atoms with E-state index in [-0.39, 0.29) is 12.5 Å². The van der Waals surface area contributed by atoms with Gasteiger partial charge >= 0.3 is 5.97 Å². The Hall–Kier alpha value is -2.67. The molecule has 0 aliphatic carbocycles. The molecule has 1 aromatic carbocycles. The van der Waals surface area contributed by atoms with Crippen LogP contribution in [0.4, 0.5) is 0 Å². The van der Waals surface area contributed by atoms with Crippen molar-refractivity contribution in [3.05, 3.63) is 42.2 Å². The number of carboxylic acids is 1. The monoisotopic (exact) mass is 301 g/mol. The van der Waals surface area contributed by atoms with Crippen LogP contribution in [0.5, 0.6) is 0 Å². The summed E-state index contributed by atoms with van der Waals surface area (Å²) in [6.07, 6.45) is 1.31. The predicted molar refractivity (Wildman–Crippen MR) is 77.3 cm³/mol. The number of piperazine rings is 1. The molecule has 1 fully saturated rings. The van der Waals surface area contributed by atoms with Crippen molar-refractivity contribution in [3.63, 3.8) is 0 Å². The second-order valence-electron chi connectivity index (χ2n) is 5.04. The molecule has 1 aliphatic rings. The van der Waals surface area contributed by atoms with Crippen LogP contribution in [0.3, 0.4) is 0 Å². The molecule has 2 aromatic rings. The van der Waals surface area contributed by atoms with Gasteiger partial charge in [-0.05, 0) is 0 Å². The summed E-state index contributed by atoms with van der Waals surface area (Å²) >= 11 is 0. The zero-order chi connectivity index (χ0) is 15.5. The van der Waals surface area contributed by atoms with Gasteiger partial charge in [-0.25, -0.2) is 0 Å². The third-order valence-corrected chi connectivity index (χ3v) is 3.61. The van der Waals surface area contributed by atoms with Crippen LogP contribution in [-0.2, 0) is 4.79 Å². The van der Waals surface area contributed by atoms with E-state index >= 15 is 0 Å². The lowest BCUT2D eigenvalue weighted by molar-refractivity contribution is -0.140. The molecule has 1 aromatic heterocycles. The van der Waals surface area contributed by atoms with E-state index in [4.69, 9.17) is 9.63 Å². The maximum Gasteiger partial charge on any atom is 0.322 e. The highest BCUT2D eigenvalue weighted by Gasteiger charge is 2.30. The molecule has 1 saturated heterocycles. The number of amides is 1. The topological polar surface area (TPSA) is 95.7 Å². The summed E-state index contributed by atoms with van der Waals surface area (Å²) in [5, 5.41) is 15.8. The Morgan fingerprint density at radius 2 is 2.09 bits per heavy atom. The number of nitrogens with one attached hydrogen (secondary N) is 1. The largest absolute Gasteiger partial charge is 0.480 e. The van der Waals surface area contributed by atoms with Gasteiger partial charge in [0.2, 0.25) is 0 Å². The van der Waals surface area contributed by atoms with Gasteiger partial charge in [0, 0.05) is 25.2 Å². The van der Waals surface area contributed by atoms with Gasteiger partial charge in [-0.2, -0.15) is 0 Å². The van der Waals surface area contributed by atoms with Crippen molar-refractivity contribution in [2.75, 3.05) is 19.6 Å². The third-order valence-electron chi connectivity index (χ3n) is 3.61. The fraction of sp³-hybridized carbons (Fsp3) is 0.267. The number of aromatic nitrogens is 1. The fourth-order valence-corrected chi connectivity index (χ4v) is 2.46. The summed E-state index contributed by atoms with van der Waals surface area (Å²) in [5.74, 6) is -1.24. The van der Waals surface area contributed by atoms with Crippen molar-refractivity contribution in [3.8, 4) is 11.3 Å². The van der Waals surface area contributed by atoms with Gasteiger partial charge in [0.05, 0.1) is 0 Å². The lowest BCUT2D eigenvalue weighted by Crippen LogP contribution is -2.55. The number of nitrogens with zero attached hydrogens (tertiary/aromatic N) is 2. The molecule has 0 saturated carbocycles. The number of carbonyl (C=O) groups is 2. The molecule has 2 N–H and O–H groups in total. The standard InChI is InChI=1S/C15H15N3O4/c19-14(18-7-6-16-12(8-18)15(20)21)11-9-22-17-13(11)10-4-2-1-3-5-10/h1-5,9,12,16H,6-8H2,(H,20,21)/t12-/m1/s1. The van der Waals surface area contributed by atoms with E-state index in [0.29, 0.717) is 24.3 Å². The summed E-state index contributed by atoms with van der Waals surface area (Å²) in [6, 6.07) is 8.50. The van der Waals surface area contributed by atoms with Crippen LogP contribution in [0.15, 0.2) is 41.1 Å². The minimum atomic E-state index is -0.967. The summed E-state index contributed by atoms with van der Waals surface area (Å²) < 4.78 is 4.96. The lowest BCUT2D eigenvalue weighted by atomic mass is 10.1. The van der Waals surface area contributed by atoms with Gasteiger partial charge < -0.3 is 19.8 Å². The molecule has 0 radical (unpaired) electrons. The van der Waals surface area contributed by atoms with Crippen LogP contribution in [0.2, 0.25) is 0 Å². The van der Waals surface area contributed by atoms with Crippen molar-refractivity contribution < 1.29 is 19.2 Å². The first kappa shape index (κ1) is 14.3. The number of carboxylic acid groups (broad SMARTS) is 1. The summed E-state index contributed by atoms with van der Waals surface area (Å²) in [7, 11) is 0. The van der Waals surface area contributed by atoms with Crippen LogP contribution in [0.1, 0.15) is 10.4 Å².